The van der Waals surface area contributed by atoms with E-state index in [1.54, 1.807) is 0 Å². The van der Waals surface area contributed by atoms with Crippen LogP contribution in [0.3, 0.4) is 0 Å². The number of fused-ring (bicyclic) bond motifs is 1. The first-order chi connectivity index (χ1) is 9.76. The SMILES string of the molecule is N#Cc1ccc(CN2CC[C@@H]3OCCC[C@@H]3C2)c(Br)c1. The van der Waals surface area contributed by atoms with Gasteiger partial charge in [-0.25, -0.2) is 0 Å². The van der Waals surface area contributed by atoms with Crippen molar-refractivity contribution in [2.24, 2.45) is 5.92 Å². The van der Waals surface area contributed by atoms with E-state index in [1.165, 1.54) is 18.4 Å². The van der Waals surface area contributed by atoms with Crippen LogP contribution in [0.1, 0.15) is 30.4 Å². The molecule has 0 saturated carbocycles. The van der Waals surface area contributed by atoms with Crippen molar-refractivity contribution in [1.29, 1.82) is 5.26 Å². The van der Waals surface area contributed by atoms with Gasteiger partial charge < -0.3 is 4.74 Å². The fourth-order valence-electron chi connectivity index (χ4n) is 3.29. The van der Waals surface area contributed by atoms with Crippen LogP contribution in [-0.2, 0) is 11.3 Å². The maximum atomic E-state index is 8.91. The molecule has 0 spiro atoms. The van der Waals surface area contributed by atoms with Gasteiger partial charge in [0.05, 0.1) is 17.7 Å². The average Bonchev–Trinajstić information content (AvgIpc) is 2.49. The Morgan fingerprint density at radius 1 is 1.40 bits per heavy atom. The number of rotatable bonds is 2. The van der Waals surface area contributed by atoms with Crippen molar-refractivity contribution < 1.29 is 4.74 Å². The fraction of sp³-hybridized carbons (Fsp3) is 0.562. The highest BCUT2D eigenvalue weighted by molar-refractivity contribution is 9.10. The maximum absolute atomic E-state index is 8.91. The number of piperidine rings is 1. The molecule has 2 fully saturated rings. The molecule has 0 aromatic heterocycles. The molecule has 0 radical (unpaired) electrons. The van der Waals surface area contributed by atoms with Gasteiger partial charge in [-0.3, -0.25) is 4.90 Å². The number of nitrogens with zero attached hydrogens (tertiary/aromatic N) is 2. The standard InChI is InChI=1S/C16H19BrN2O/c17-15-8-12(9-18)3-4-13(15)10-19-6-5-16-14(11-19)2-1-7-20-16/h3-4,8,14,16H,1-2,5-7,10-11H2/t14-,16+/m1/s1. The molecule has 106 valence electrons. The van der Waals surface area contributed by atoms with E-state index in [-0.39, 0.29) is 0 Å². The average molecular weight is 335 g/mol. The summed E-state index contributed by atoms with van der Waals surface area (Å²) in [6.07, 6.45) is 4.15. The molecular formula is C16H19BrN2O. The van der Waals surface area contributed by atoms with Crippen molar-refractivity contribution in [1.82, 2.24) is 4.90 Å². The fourth-order valence-corrected chi connectivity index (χ4v) is 3.80. The van der Waals surface area contributed by atoms with E-state index in [4.69, 9.17) is 10.00 Å². The molecular weight excluding hydrogens is 316 g/mol. The van der Waals surface area contributed by atoms with Gasteiger partial charge in [0.25, 0.3) is 0 Å². The Bertz CT molecular complexity index is 526. The molecule has 0 amide bonds. The van der Waals surface area contributed by atoms with Crippen molar-refractivity contribution in [3.8, 4) is 6.07 Å². The van der Waals surface area contributed by atoms with Gasteiger partial charge in [-0.05, 0) is 42.9 Å². The van der Waals surface area contributed by atoms with Gasteiger partial charge in [0, 0.05) is 30.7 Å². The molecule has 4 heteroatoms. The van der Waals surface area contributed by atoms with Crippen LogP contribution in [0.25, 0.3) is 0 Å². The van der Waals surface area contributed by atoms with E-state index in [9.17, 15) is 0 Å². The largest absolute Gasteiger partial charge is 0.378 e. The van der Waals surface area contributed by atoms with E-state index in [0.717, 1.165) is 37.1 Å². The van der Waals surface area contributed by atoms with Crippen molar-refractivity contribution in [2.75, 3.05) is 19.7 Å². The first kappa shape index (κ1) is 14.1. The summed E-state index contributed by atoms with van der Waals surface area (Å²) in [6, 6.07) is 8.05. The third kappa shape index (κ3) is 3.06. The summed E-state index contributed by atoms with van der Waals surface area (Å²) >= 11 is 3.58. The highest BCUT2D eigenvalue weighted by Crippen LogP contribution is 2.30. The lowest BCUT2D eigenvalue weighted by Crippen LogP contribution is -2.45. The number of hydrogen-bond donors (Lipinski definition) is 0. The molecule has 2 aliphatic heterocycles. The normalized spacial score (nSPS) is 26.8. The molecule has 0 aliphatic carbocycles. The molecule has 3 nitrogen and oxygen atoms in total. The molecule has 2 aliphatic rings. The summed E-state index contributed by atoms with van der Waals surface area (Å²) in [4.78, 5) is 2.52. The molecule has 1 aromatic carbocycles. The summed E-state index contributed by atoms with van der Waals surface area (Å²) in [5, 5.41) is 8.91. The zero-order valence-electron chi connectivity index (χ0n) is 11.5. The van der Waals surface area contributed by atoms with Gasteiger partial charge in [0.2, 0.25) is 0 Å². The van der Waals surface area contributed by atoms with Crippen LogP contribution in [0.5, 0.6) is 0 Å². The smallest absolute Gasteiger partial charge is 0.0992 e. The molecule has 20 heavy (non-hydrogen) atoms. The summed E-state index contributed by atoms with van der Waals surface area (Å²) in [5.41, 5.74) is 1.97. The number of nitriles is 1. The van der Waals surface area contributed by atoms with Gasteiger partial charge in [-0.1, -0.05) is 22.0 Å². The zero-order valence-corrected chi connectivity index (χ0v) is 13.1. The van der Waals surface area contributed by atoms with Crippen molar-refractivity contribution >= 4 is 15.9 Å². The van der Waals surface area contributed by atoms with Crippen LogP contribution >= 0.6 is 15.9 Å². The lowest BCUT2D eigenvalue weighted by Gasteiger charge is -2.41. The minimum absolute atomic E-state index is 0.490. The van der Waals surface area contributed by atoms with E-state index < -0.39 is 0 Å². The third-order valence-electron chi connectivity index (χ3n) is 4.38. The minimum atomic E-state index is 0.490. The summed E-state index contributed by atoms with van der Waals surface area (Å²) in [5.74, 6) is 0.703. The van der Waals surface area contributed by atoms with Crippen molar-refractivity contribution in [2.45, 2.75) is 31.9 Å². The first-order valence-electron chi connectivity index (χ1n) is 7.29. The lowest BCUT2D eigenvalue weighted by molar-refractivity contribution is -0.0676. The Kier molecular flexibility index (Phi) is 4.40. The Hall–Kier alpha value is -0.890. The van der Waals surface area contributed by atoms with Crippen LogP contribution < -0.4 is 0 Å². The molecule has 0 N–H and O–H groups in total. The van der Waals surface area contributed by atoms with Crippen LogP contribution in [0.4, 0.5) is 0 Å². The van der Waals surface area contributed by atoms with Crippen LogP contribution in [0.2, 0.25) is 0 Å². The van der Waals surface area contributed by atoms with Gasteiger partial charge in [-0.2, -0.15) is 5.26 Å². The summed E-state index contributed by atoms with van der Waals surface area (Å²) < 4.78 is 6.90. The minimum Gasteiger partial charge on any atom is -0.378 e. The second kappa shape index (κ2) is 6.26. The quantitative estimate of drug-likeness (QED) is 0.832. The Labute approximate surface area is 128 Å². The molecule has 2 saturated heterocycles. The molecule has 1 aromatic rings. The number of hydrogen-bond acceptors (Lipinski definition) is 3. The lowest BCUT2D eigenvalue weighted by atomic mass is 9.88. The van der Waals surface area contributed by atoms with E-state index >= 15 is 0 Å². The first-order valence-corrected chi connectivity index (χ1v) is 8.08. The van der Waals surface area contributed by atoms with Crippen LogP contribution in [0, 0.1) is 17.2 Å². The van der Waals surface area contributed by atoms with Gasteiger partial charge in [0.1, 0.15) is 0 Å². The number of likely N-dealkylation sites (tertiary alicyclic amines) is 1. The Balaban J connectivity index is 1.65. The van der Waals surface area contributed by atoms with E-state index in [2.05, 4.69) is 33.0 Å². The molecule has 3 rings (SSSR count). The molecule has 0 unspecified atom stereocenters. The topological polar surface area (TPSA) is 36.3 Å². The molecule has 2 heterocycles. The van der Waals surface area contributed by atoms with Gasteiger partial charge in [0.15, 0.2) is 0 Å². The predicted octanol–water partition coefficient (Wildman–Crippen LogP) is 3.32. The Morgan fingerprint density at radius 3 is 3.10 bits per heavy atom. The number of halogens is 1. The maximum Gasteiger partial charge on any atom is 0.0992 e. The highest BCUT2D eigenvalue weighted by Gasteiger charge is 2.31. The summed E-state index contributed by atoms with van der Waals surface area (Å²) in [7, 11) is 0. The Morgan fingerprint density at radius 2 is 2.30 bits per heavy atom. The third-order valence-corrected chi connectivity index (χ3v) is 5.11. The second-order valence-corrected chi connectivity index (χ2v) is 6.61. The van der Waals surface area contributed by atoms with Gasteiger partial charge >= 0.3 is 0 Å². The second-order valence-electron chi connectivity index (χ2n) is 5.75. The predicted molar refractivity (Wildman–Crippen MR) is 81.2 cm³/mol. The van der Waals surface area contributed by atoms with Crippen molar-refractivity contribution in [3.63, 3.8) is 0 Å². The molecule has 0 bridgehead atoms. The van der Waals surface area contributed by atoms with Gasteiger partial charge in [-0.15, -0.1) is 0 Å². The zero-order chi connectivity index (χ0) is 13.9. The van der Waals surface area contributed by atoms with Crippen LogP contribution in [0.15, 0.2) is 22.7 Å². The molecule has 2 atom stereocenters. The number of ether oxygens (including phenoxy) is 1. The van der Waals surface area contributed by atoms with Crippen LogP contribution in [-0.4, -0.2) is 30.7 Å². The highest BCUT2D eigenvalue weighted by atomic mass is 79.9. The monoisotopic (exact) mass is 334 g/mol. The number of benzene rings is 1. The summed E-state index contributed by atoms with van der Waals surface area (Å²) in [6.45, 7) is 4.14. The van der Waals surface area contributed by atoms with E-state index in [0.29, 0.717) is 17.6 Å². The van der Waals surface area contributed by atoms with E-state index in [1.807, 2.05) is 12.1 Å². The van der Waals surface area contributed by atoms with Crippen molar-refractivity contribution in [3.05, 3.63) is 33.8 Å².